The highest BCUT2D eigenvalue weighted by atomic mass is 15.4. The first-order chi connectivity index (χ1) is 9.06. The van der Waals surface area contributed by atoms with Gasteiger partial charge in [0.05, 0.1) is 24.5 Å². The summed E-state index contributed by atoms with van der Waals surface area (Å²) < 4.78 is 0. The van der Waals surface area contributed by atoms with Crippen molar-refractivity contribution in [1.82, 2.24) is 15.0 Å². The summed E-state index contributed by atoms with van der Waals surface area (Å²) in [6, 6.07) is 6.11. The van der Waals surface area contributed by atoms with Crippen molar-refractivity contribution in [3.8, 4) is 0 Å². The molecule has 0 aliphatic rings. The number of aromatic nitrogens is 2. The van der Waals surface area contributed by atoms with Gasteiger partial charge in [-0.2, -0.15) is 0 Å². The van der Waals surface area contributed by atoms with Gasteiger partial charge in [0.15, 0.2) is 0 Å². The lowest BCUT2D eigenvalue weighted by Gasteiger charge is -2.17. The minimum absolute atomic E-state index is 0.627. The SMILES string of the molecule is Cc1cnc(CN(N)Cc2ncccc2C)c(C)c1. The quantitative estimate of drug-likeness (QED) is 0.673. The molecule has 0 unspecified atom stereocenters. The summed E-state index contributed by atoms with van der Waals surface area (Å²) in [5.74, 6) is 6.07. The molecule has 0 aromatic carbocycles. The number of hydrogen-bond donors (Lipinski definition) is 1. The number of hydrazine groups is 1. The highest BCUT2D eigenvalue weighted by Crippen LogP contribution is 2.11. The van der Waals surface area contributed by atoms with Gasteiger partial charge in [-0.3, -0.25) is 15.8 Å². The summed E-state index contributed by atoms with van der Waals surface area (Å²) in [5.41, 5.74) is 5.53. The van der Waals surface area contributed by atoms with E-state index in [2.05, 4.69) is 23.0 Å². The van der Waals surface area contributed by atoms with Crippen LogP contribution in [0, 0.1) is 20.8 Å². The van der Waals surface area contributed by atoms with Crippen LogP contribution in [0.1, 0.15) is 28.1 Å². The molecule has 100 valence electrons. The Morgan fingerprint density at radius 3 is 2.37 bits per heavy atom. The molecule has 2 aromatic rings. The van der Waals surface area contributed by atoms with Gasteiger partial charge >= 0.3 is 0 Å². The summed E-state index contributed by atoms with van der Waals surface area (Å²) >= 11 is 0. The molecule has 2 rings (SSSR count). The van der Waals surface area contributed by atoms with E-state index in [4.69, 9.17) is 5.84 Å². The lowest BCUT2D eigenvalue weighted by molar-refractivity contribution is 0.258. The number of nitrogens with two attached hydrogens (primary N) is 1. The first-order valence-corrected chi connectivity index (χ1v) is 6.38. The molecule has 0 radical (unpaired) electrons. The van der Waals surface area contributed by atoms with Crippen molar-refractivity contribution in [1.29, 1.82) is 0 Å². The summed E-state index contributed by atoms with van der Waals surface area (Å²) in [5, 5.41) is 1.75. The van der Waals surface area contributed by atoms with Crippen LogP contribution in [0.25, 0.3) is 0 Å². The van der Waals surface area contributed by atoms with E-state index < -0.39 is 0 Å². The van der Waals surface area contributed by atoms with Crippen LogP contribution < -0.4 is 5.84 Å². The van der Waals surface area contributed by atoms with Gasteiger partial charge < -0.3 is 0 Å². The van der Waals surface area contributed by atoms with Crippen LogP contribution in [0.3, 0.4) is 0 Å². The molecule has 0 saturated carbocycles. The summed E-state index contributed by atoms with van der Waals surface area (Å²) in [6.07, 6.45) is 3.67. The lowest BCUT2D eigenvalue weighted by atomic mass is 10.1. The molecule has 19 heavy (non-hydrogen) atoms. The van der Waals surface area contributed by atoms with Gasteiger partial charge in [-0.1, -0.05) is 12.1 Å². The van der Waals surface area contributed by atoms with E-state index >= 15 is 0 Å². The number of rotatable bonds is 4. The molecule has 4 nitrogen and oxygen atoms in total. The molecule has 0 spiro atoms. The standard InChI is InChI=1S/C15H20N4/c1-11-7-13(3)15(18-8-11)10-19(16)9-14-12(2)5-4-6-17-14/h4-8H,9-10,16H2,1-3H3. The summed E-state index contributed by atoms with van der Waals surface area (Å²) in [4.78, 5) is 8.79. The Morgan fingerprint density at radius 2 is 1.74 bits per heavy atom. The van der Waals surface area contributed by atoms with Crippen molar-refractivity contribution in [2.45, 2.75) is 33.9 Å². The zero-order chi connectivity index (χ0) is 13.8. The Kier molecular flexibility index (Phi) is 4.24. The Morgan fingerprint density at radius 1 is 1.05 bits per heavy atom. The number of aryl methyl sites for hydroxylation is 3. The van der Waals surface area contributed by atoms with Gasteiger partial charge in [-0.15, -0.1) is 0 Å². The maximum Gasteiger partial charge on any atom is 0.0587 e. The van der Waals surface area contributed by atoms with Gasteiger partial charge in [-0.25, -0.2) is 5.01 Å². The number of nitrogens with zero attached hydrogens (tertiary/aromatic N) is 3. The first kappa shape index (κ1) is 13.6. The Hall–Kier alpha value is -1.78. The number of hydrogen-bond acceptors (Lipinski definition) is 4. The Labute approximate surface area is 114 Å². The predicted octanol–water partition coefficient (Wildman–Crippen LogP) is 2.28. The second kappa shape index (κ2) is 5.91. The third-order valence-electron chi connectivity index (χ3n) is 3.15. The van der Waals surface area contributed by atoms with Gasteiger partial charge in [0.1, 0.15) is 0 Å². The molecule has 2 N–H and O–H groups in total. The van der Waals surface area contributed by atoms with Crippen LogP contribution in [0.4, 0.5) is 0 Å². The molecule has 4 heteroatoms. The number of pyridine rings is 2. The Bertz CT molecular complexity index is 566. The van der Waals surface area contributed by atoms with Crippen LogP contribution >= 0.6 is 0 Å². The smallest absolute Gasteiger partial charge is 0.0587 e. The van der Waals surface area contributed by atoms with Gasteiger partial charge in [0, 0.05) is 12.4 Å². The molecule has 0 fully saturated rings. The van der Waals surface area contributed by atoms with Crippen molar-refractivity contribution in [2.24, 2.45) is 5.84 Å². The van der Waals surface area contributed by atoms with E-state index in [-0.39, 0.29) is 0 Å². The molecule has 0 amide bonds. The largest absolute Gasteiger partial charge is 0.268 e. The van der Waals surface area contributed by atoms with E-state index in [9.17, 15) is 0 Å². The predicted molar refractivity (Wildman–Crippen MR) is 76.1 cm³/mol. The Balaban J connectivity index is 2.05. The fourth-order valence-electron chi connectivity index (χ4n) is 2.03. The normalized spacial score (nSPS) is 11.0. The zero-order valence-corrected chi connectivity index (χ0v) is 11.7. The van der Waals surface area contributed by atoms with E-state index in [0.717, 1.165) is 17.0 Å². The molecule has 0 aliphatic carbocycles. The van der Waals surface area contributed by atoms with Gasteiger partial charge in [0.2, 0.25) is 0 Å². The van der Waals surface area contributed by atoms with E-state index in [1.165, 1.54) is 11.1 Å². The topological polar surface area (TPSA) is 55.0 Å². The molecule has 2 heterocycles. The molecular formula is C15H20N4. The van der Waals surface area contributed by atoms with Crippen LogP contribution in [0.5, 0.6) is 0 Å². The molecule has 0 saturated heterocycles. The highest BCUT2D eigenvalue weighted by molar-refractivity contribution is 5.23. The third kappa shape index (κ3) is 3.59. The van der Waals surface area contributed by atoms with Crippen LogP contribution in [-0.2, 0) is 13.1 Å². The van der Waals surface area contributed by atoms with Crippen molar-refractivity contribution in [3.05, 3.63) is 58.7 Å². The zero-order valence-electron chi connectivity index (χ0n) is 11.7. The monoisotopic (exact) mass is 256 g/mol. The third-order valence-corrected chi connectivity index (χ3v) is 3.15. The fraction of sp³-hybridized carbons (Fsp3) is 0.333. The van der Waals surface area contributed by atoms with Gasteiger partial charge in [0.25, 0.3) is 0 Å². The first-order valence-electron chi connectivity index (χ1n) is 6.38. The second-order valence-electron chi connectivity index (χ2n) is 4.95. The van der Waals surface area contributed by atoms with E-state index in [1.807, 2.05) is 32.2 Å². The van der Waals surface area contributed by atoms with E-state index in [0.29, 0.717) is 13.1 Å². The van der Waals surface area contributed by atoms with Crippen molar-refractivity contribution < 1.29 is 0 Å². The maximum atomic E-state index is 6.07. The van der Waals surface area contributed by atoms with Crippen molar-refractivity contribution >= 4 is 0 Å². The minimum atomic E-state index is 0.627. The molecule has 2 aromatic heterocycles. The van der Waals surface area contributed by atoms with Crippen LogP contribution in [-0.4, -0.2) is 15.0 Å². The lowest BCUT2D eigenvalue weighted by Crippen LogP contribution is -2.31. The minimum Gasteiger partial charge on any atom is -0.268 e. The maximum absolute atomic E-state index is 6.07. The molecule has 0 aliphatic heterocycles. The van der Waals surface area contributed by atoms with Crippen LogP contribution in [0.2, 0.25) is 0 Å². The molecule has 0 bridgehead atoms. The van der Waals surface area contributed by atoms with Crippen molar-refractivity contribution in [3.63, 3.8) is 0 Å². The van der Waals surface area contributed by atoms with Gasteiger partial charge in [-0.05, 0) is 43.5 Å². The summed E-state index contributed by atoms with van der Waals surface area (Å²) in [6.45, 7) is 7.41. The van der Waals surface area contributed by atoms with E-state index in [1.54, 1.807) is 11.2 Å². The second-order valence-corrected chi connectivity index (χ2v) is 4.95. The average Bonchev–Trinajstić information content (AvgIpc) is 2.36. The summed E-state index contributed by atoms with van der Waals surface area (Å²) in [7, 11) is 0. The van der Waals surface area contributed by atoms with Crippen molar-refractivity contribution in [2.75, 3.05) is 0 Å². The average molecular weight is 256 g/mol. The van der Waals surface area contributed by atoms with Crippen LogP contribution in [0.15, 0.2) is 30.6 Å². The molecule has 0 atom stereocenters. The fourth-order valence-corrected chi connectivity index (χ4v) is 2.03. The highest BCUT2D eigenvalue weighted by Gasteiger charge is 2.08. The molecular weight excluding hydrogens is 236 g/mol.